The van der Waals surface area contributed by atoms with Gasteiger partial charge in [-0.05, 0) is 49.2 Å². The van der Waals surface area contributed by atoms with E-state index in [0.717, 1.165) is 17.7 Å². The first-order valence-electron chi connectivity index (χ1n) is 8.66. The Morgan fingerprint density at radius 1 is 1.11 bits per heavy atom. The fourth-order valence-corrected chi connectivity index (χ4v) is 2.27. The summed E-state index contributed by atoms with van der Waals surface area (Å²) in [6.45, 7) is 4.89. The molecule has 0 heterocycles. The zero-order valence-electron chi connectivity index (χ0n) is 15.3. The summed E-state index contributed by atoms with van der Waals surface area (Å²) in [7, 11) is 0. The summed E-state index contributed by atoms with van der Waals surface area (Å²) in [4.78, 5) is 22.8. The molecule has 27 heavy (non-hydrogen) atoms. The van der Waals surface area contributed by atoms with Crippen LogP contribution in [0.3, 0.4) is 0 Å². The number of hydrogen-bond acceptors (Lipinski definition) is 5. The number of anilines is 1. The number of nitrogens with zero attached hydrogens (tertiary/aromatic N) is 1. The third-order valence-corrected chi connectivity index (χ3v) is 3.51. The van der Waals surface area contributed by atoms with Gasteiger partial charge in [0.05, 0.1) is 24.2 Å². The number of nitro groups is 1. The molecule has 0 aromatic heterocycles. The molecule has 0 aliphatic rings. The summed E-state index contributed by atoms with van der Waals surface area (Å²) >= 11 is 0. The fourth-order valence-electron chi connectivity index (χ4n) is 2.27. The van der Waals surface area contributed by atoms with Crippen LogP contribution in [0.2, 0.25) is 0 Å². The molecule has 0 radical (unpaired) electrons. The van der Waals surface area contributed by atoms with Gasteiger partial charge in [-0.15, -0.1) is 0 Å². The van der Waals surface area contributed by atoms with Crippen LogP contribution < -0.4 is 14.8 Å². The van der Waals surface area contributed by atoms with Crippen LogP contribution in [0.1, 0.15) is 25.8 Å². The molecule has 0 fully saturated rings. The van der Waals surface area contributed by atoms with E-state index in [4.69, 9.17) is 9.47 Å². The Morgan fingerprint density at radius 2 is 1.81 bits per heavy atom. The Bertz CT molecular complexity index is 816. The molecule has 2 rings (SSSR count). The number of hydrogen-bond donors (Lipinski definition) is 1. The van der Waals surface area contributed by atoms with Gasteiger partial charge in [0.2, 0.25) is 5.91 Å². The highest BCUT2D eigenvalue weighted by molar-refractivity contribution is 6.03. The standard InChI is InChI=1S/C20H22N2O5/c1-3-13-27-17-10-11-18(19(14-17)22(24)25)21-20(23)12-7-15-5-8-16(9-6-15)26-4-2/h5-12,14H,3-4,13H2,1-2H3,(H,21,23)/b12-7+. The number of rotatable bonds is 9. The number of ether oxygens (including phenoxy) is 2. The van der Waals surface area contributed by atoms with Crippen molar-refractivity contribution in [3.8, 4) is 11.5 Å². The van der Waals surface area contributed by atoms with Crippen molar-refractivity contribution in [1.82, 2.24) is 0 Å². The van der Waals surface area contributed by atoms with Gasteiger partial charge in [-0.1, -0.05) is 19.1 Å². The molecule has 7 nitrogen and oxygen atoms in total. The summed E-state index contributed by atoms with van der Waals surface area (Å²) in [6, 6.07) is 11.6. The van der Waals surface area contributed by atoms with Crippen LogP contribution in [-0.2, 0) is 4.79 Å². The zero-order chi connectivity index (χ0) is 19.6. The number of carbonyl (C=O) groups is 1. The van der Waals surface area contributed by atoms with Crippen LogP contribution in [0, 0.1) is 10.1 Å². The van der Waals surface area contributed by atoms with Crippen LogP contribution in [-0.4, -0.2) is 24.0 Å². The summed E-state index contributed by atoms with van der Waals surface area (Å²) in [5.41, 5.74) is 0.711. The highest BCUT2D eigenvalue weighted by atomic mass is 16.6. The van der Waals surface area contributed by atoms with E-state index in [-0.39, 0.29) is 11.4 Å². The minimum absolute atomic E-state index is 0.116. The Balaban J connectivity index is 2.06. The third-order valence-electron chi connectivity index (χ3n) is 3.51. The molecule has 2 aromatic carbocycles. The van der Waals surface area contributed by atoms with Crippen molar-refractivity contribution in [2.24, 2.45) is 0 Å². The molecular weight excluding hydrogens is 348 g/mol. The first kappa shape index (κ1) is 20.0. The van der Waals surface area contributed by atoms with Gasteiger partial charge in [-0.2, -0.15) is 0 Å². The average molecular weight is 370 g/mol. The van der Waals surface area contributed by atoms with Crippen molar-refractivity contribution >= 4 is 23.4 Å². The van der Waals surface area contributed by atoms with Crippen molar-refractivity contribution in [2.45, 2.75) is 20.3 Å². The van der Waals surface area contributed by atoms with E-state index in [0.29, 0.717) is 19.0 Å². The van der Waals surface area contributed by atoms with E-state index in [1.807, 2.05) is 26.0 Å². The number of carbonyl (C=O) groups excluding carboxylic acids is 1. The van der Waals surface area contributed by atoms with Crippen molar-refractivity contribution in [2.75, 3.05) is 18.5 Å². The molecule has 0 saturated heterocycles. The minimum Gasteiger partial charge on any atom is -0.494 e. The number of amides is 1. The minimum atomic E-state index is -0.551. The Labute approximate surface area is 157 Å². The molecule has 0 spiro atoms. The monoisotopic (exact) mass is 370 g/mol. The van der Waals surface area contributed by atoms with Gasteiger partial charge in [0, 0.05) is 6.08 Å². The summed E-state index contributed by atoms with van der Waals surface area (Å²) in [6.07, 6.45) is 3.74. The smallest absolute Gasteiger partial charge is 0.296 e. The van der Waals surface area contributed by atoms with Gasteiger partial charge >= 0.3 is 0 Å². The summed E-state index contributed by atoms with van der Waals surface area (Å²) in [5.74, 6) is 0.681. The predicted molar refractivity (Wildman–Crippen MR) is 104 cm³/mol. The quantitative estimate of drug-likeness (QED) is 0.400. The fraction of sp³-hybridized carbons (Fsp3) is 0.250. The SMILES string of the molecule is CCCOc1ccc(NC(=O)/C=C/c2ccc(OCC)cc2)c([N+](=O)[O-])c1. The summed E-state index contributed by atoms with van der Waals surface area (Å²) < 4.78 is 10.8. The van der Waals surface area contributed by atoms with Crippen molar-refractivity contribution in [3.63, 3.8) is 0 Å². The first-order chi connectivity index (χ1) is 13.0. The second-order valence-electron chi connectivity index (χ2n) is 5.61. The molecule has 0 unspecified atom stereocenters. The lowest BCUT2D eigenvalue weighted by Crippen LogP contribution is -2.10. The second kappa shape index (κ2) is 9.96. The van der Waals surface area contributed by atoms with Crippen molar-refractivity contribution in [1.29, 1.82) is 0 Å². The van der Waals surface area contributed by atoms with Gasteiger partial charge < -0.3 is 14.8 Å². The molecule has 0 atom stereocenters. The molecule has 0 saturated carbocycles. The highest BCUT2D eigenvalue weighted by Gasteiger charge is 2.16. The number of benzene rings is 2. The lowest BCUT2D eigenvalue weighted by molar-refractivity contribution is -0.384. The highest BCUT2D eigenvalue weighted by Crippen LogP contribution is 2.29. The van der Waals surface area contributed by atoms with E-state index >= 15 is 0 Å². The Hall–Kier alpha value is -3.35. The molecule has 7 heteroatoms. The first-order valence-corrected chi connectivity index (χ1v) is 8.66. The van der Waals surface area contributed by atoms with Crippen LogP contribution in [0.4, 0.5) is 11.4 Å². The predicted octanol–water partition coefficient (Wildman–Crippen LogP) is 4.43. The van der Waals surface area contributed by atoms with E-state index < -0.39 is 10.8 Å². The topological polar surface area (TPSA) is 90.7 Å². The van der Waals surface area contributed by atoms with E-state index in [9.17, 15) is 14.9 Å². The van der Waals surface area contributed by atoms with E-state index in [1.165, 1.54) is 18.2 Å². The zero-order valence-corrected chi connectivity index (χ0v) is 15.3. The lowest BCUT2D eigenvalue weighted by Gasteiger charge is -2.07. The van der Waals surface area contributed by atoms with Gasteiger partial charge in [-0.25, -0.2) is 0 Å². The van der Waals surface area contributed by atoms with Crippen LogP contribution in [0.5, 0.6) is 11.5 Å². The normalized spacial score (nSPS) is 10.6. The van der Waals surface area contributed by atoms with E-state index in [1.54, 1.807) is 24.3 Å². The molecule has 142 valence electrons. The lowest BCUT2D eigenvalue weighted by atomic mass is 10.2. The van der Waals surface area contributed by atoms with Gasteiger partial charge in [0.1, 0.15) is 17.2 Å². The average Bonchev–Trinajstić information content (AvgIpc) is 2.66. The molecule has 1 amide bonds. The number of nitro benzene ring substituents is 1. The maximum Gasteiger partial charge on any atom is 0.296 e. The molecule has 2 aromatic rings. The molecule has 0 bridgehead atoms. The van der Waals surface area contributed by atoms with Crippen molar-refractivity contribution < 1.29 is 19.2 Å². The maximum absolute atomic E-state index is 12.1. The number of nitrogens with one attached hydrogen (secondary N) is 1. The second-order valence-corrected chi connectivity index (χ2v) is 5.61. The molecule has 0 aliphatic carbocycles. The van der Waals surface area contributed by atoms with E-state index in [2.05, 4.69) is 5.32 Å². The van der Waals surface area contributed by atoms with Gasteiger partial charge in [0.25, 0.3) is 5.69 Å². The van der Waals surface area contributed by atoms with Gasteiger partial charge in [0.15, 0.2) is 0 Å². The molecular formula is C20H22N2O5. The van der Waals surface area contributed by atoms with Crippen LogP contribution in [0.15, 0.2) is 48.5 Å². The van der Waals surface area contributed by atoms with Crippen LogP contribution >= 0.6 is 0 Å². The Morgan fingerprint density at radius 3 is 2.44 bits per heavy atom. The van der Waals surface area contributed by atoms with Crippen molar-refractivity contribution in [3.05, 3.63) is 64.2 Å². The van der Waals surface area contributed by atoms with Crippen LogP contribution in [0.25, 0.3) is 6.08 Å². The largest absolute Gasteiger partial charge is 0.494 e. The Kier molecular flexibility index (Phi) is 7.37. The summed E-state index contributed by atoms with van der Waals surface area (Å²) in [5, 5.41) is 13.8. The molecule has 1 N–H and O–H groups in total. The third kappa shape index (κ3) is 6.14. The molecule has 0 aliphatic heterocycles. The van der Waals surface area contributed by atoms with Gasteiger partial charge in [-0.3, -0.25) is 14.9 Å². The maximum atomic E-state index is 12.1.